The van der Waals surface area contributed by atoms with E-state index < -0.39 is 0 Å². The summed E-state index contributed by atoms with van der Waals surface area (Å²) in [5.41, 5.74) is 7.97. The van der Waals surface area contributed by atoms with Gasteiger partial charge in [-0.25, -0.2) is 0 Å². The first kappa shape index (κ1) is 13.3. The first-order chi connectivity index (χ1) is 7.47. The Labute approximate surface area is 103 Å². The van der Waals surface area contributed by atoms with Gasteiger partial charge in [0.2, 0.25) is 0 Å². The maximum Gasteiger partial charge on any atom is 0.0642 e. The van der Waals surface area contributed by atoms with Crippen LogP contribution in [0, 0.1) is 0 Å². The third-order valence-corrected chi connectivity index (χ3v) is 3.43. The van der Waals surface area contributed by atoms with E-state index in [1.165, 1.54) is 0 Å². The molecule has 90 valence electrons. The molecule has 16 heavy (non-hydrogen) atoms. The molecule has 0 bridgehead atoms. The highest BCUT2D eigenvalue weighted by Crippen LogP contribution is 2.29. The molecule has 0 spiro atoms. The van der Waals surface area contributed by atoms with Crippen LogP contribution in [0.1, 0.15) is 38.8 Å². The molecule has 1 unspecified atom stereocenters. The first-order valence-electron chi connectivity index (χ1n) is 5.75. The van der Waals surface area contributed by atoms with Crippen LogP contribution in [0.25, 0.3) is 0 Å². The Bertz CT molecular complexity index is 350. The molecule has 2 N–H and O–H groups in total. The summed E-state index contributed by atoms with van der Waals surface area (Å²) >= 11 is 6.27. The molecule has 0 aromatic heterocycles. The van der Waals surface area contributed by atoms with E-state index in [-0.39, 0.29) is 6.04 Å². The lowest BCUT2D eigenvalue weighted by Crippen LogP contribution is -2.28. The number of benzene rings is 1. The molecule has 0 saturated carbocycles. The highest BCUT2D eigenvalue weighted by Gasteiger charge is 2.12. The summed E-state index contributed by atoms with van der Waals surface area (Å²) in [4.78, 5) is 2.20. The van der Waals surface area contributed by atoms with Crippen LogP contribution in [0.3, 0.4) is 0 Å². The molecule has 0 heterocycles. The van der Waals surface area contributed by atoms with E-state index in [0.29, 0.717) is 6.04 Å². The number of nitrogens with two attached hydrogens (primary N) is 1. The van der Waals surface area contributed by atoms with Crippen molar-refractivity contribution in [2.75, 3.05) is 11.9 Å². The Balaban J connectivity index is 2.99. The maximum absolute atomic E-state index is 6.27. The van der Waals surface area contributed by atoms with E-state index in [4.69, 9.17) is 17.3 Å². The molecule has 1 rings (SSSR count). The predicted molar refractivity (Wildman–Crippen MR) is 72.2 cm³/mol. The van der Waals surface area contributed by atoms with E-state index in [1.807, 2.05) is 25.1 Å². The van der Waals surface area contributed by atoms with Gasteiger partial charge in [-0.15, -0.1) is 0 Å². The summed E-state index contributed by atoms with van der Waals surface area (Å²) in [6, 6.07) is 6.57. The van der Waals surface area contributed by atoms with Crippen molar-refractivity contribution in [3.63, 3.8) is 0 Å². The molecule has 0 radical (unpaired) electrons. The van der Waals surface area contributed by atoms with Gasteiger partial charge in [-0.1, -0.05) is 24.6 Å². The van der Waals surface area contributed by atoms with Gasteiger partial charge in [0, 0.05) is 19.1 Å². The number of hydrogen-bond donors (Lipinski definition) is 1. The third kappa shape index (κ3) is 2.89. The molecule has 0 saturated heterocycles. The SMILES string of the molecule is CCC(C)N(C)c1ccc([C@H](C)N)cc1Cl. The summed E-state index contributed by atoms with van der Waals surface area (Å²) in [5, 5.41) is 0.776. The van der Waals surface area contributed by atoms with Crippen molar-refractivity contribution in [3.05, 3.63) is 28.8 Å². The quantitative estimate of drug-likeness (QED) is 0.872. The number of hydrogen-bond acceptors (Lipinski definition) is 2. The van der Waals surface area contributed by atoms with Crippen molar-refractivity contribution in [2.24, 2.45) is 5.73 Å². The van der Waals surface area contributed by atoms with Gasteiger partial charge in [-0.2, -0.15) is 0 Å². The Hall–Kier alpha value is -0.730. The van der Waals surface area contributed by atoms with Crippen LogP contribution in [-0.2, 0) is 0 Å². The molecule has 0 amide bonds. The zero-order chi connectivity index (χ0) is 12.3. The fourth-order valence-electron chi connectivity index (χ4n) is 1.60. The summed E-state index contributed by atoms with van der Waals surface area (Å²) in [5.74, 6) is 0. The van der Waals surface area contributed by atoms with E-state index in [0.717, 1.165) is 22.7 Å². The van der Waals surface area contributed by atoms with Crippen molar-refractivity contribution in [1.29, 1.82) is 0 Å². The second kappa shape index (κ2) is 5.55. The number of nitrogens with zero attached hydrogens (tertiary/aromatic N) is 1. The lowest BCUT2D eigenvalue weighted by molar-refractivity contribution is 0.663. The second-order valence-corrected chi connectivity index (χ2v) is 4.77. The second-order valence-electron chi connectivity index (χ2n) is 4.37. The van der Waals surface area contributed by atoms with Crippen molar-refractivity contribution in [2.45, 2.75) is 39.3 Å². The van der Waals surface area contributed by atoms with Crippen molar-refractivity contribution in [3.8, 4) is 0 Å². The predicted octanol–water partition coefficient (Wildman–Crippen LogP) is 3.59. The van der Waals surface area contributed by atoms with Gasteiger partial charge in [0.25, 0.3) is 0 Å². The largest absolute Gasteiger partial charge is 0.371 e. The third-order valence-electron chi connectivity index (χ3n) is 3.13. The summed E-state index contributed by atoms with van der Waals surface area (Å²) in [6.07, 6.45) is 1.10. The molecular formula is C13H21ClN2. The van der Waals surface area contributed by atoms with Gasteiger partial charge in [-0.3, -0.25) is 0 Å². The fourth-order valence-corrected chi connectivity index (χ4v) is 1.93. The molecular weight excluding hydrogens is 220 g/mol. The number of anilines is 1. The van der Waals surface area contributed by atoms with Gasteiger partial charge in [0.1, 0.15) is 0 Å². The smallest absolute Gasteiger partial charge is 0.0642 e. The van der Waals surface area contributed by atoms with Crippen LogP contribution >= 0.6 is 11.6 Å². The van der Waals surface area contributed by atoms with Gasteiger partial charge >= 0.3 is 0 Å². The maximum atomic E-state index is 6.27. The van der Waals surface area contributed by atoms with E-state index in [1.54, 1.807) is 0 Å². The zero-order valence-electron chi connectivity index (χ0n) is 10.5. The van der Waals surface area contributed by atoms with Gasteiger partial charge in [0.05, 0.1) is 10.7 Å². The van der Waals surface area contributed by atoms with E-state index >= 15 is 0 Å². The molecule has 0 aliphatic heterocycles. The molecule has 0 aliphatic carbocycles. The molecule has 0 fully saturated rings. The summed E-state index contributed by atoms with van der Waals surface area (Å²) in [7, 11) is 2.07. The van der Waals surface area contributed by atoms with Crippen LogP contribution < -0.4 is 10.6 Å². The first-order valence-corrected chi connectivity index (χ1v) is 6.13. The molecule has 2 nitrogen and oxygen atoms in total. The average Bonchev–Trinajstić information content (AvgIpc) is 2.26. The number of halogens is 1. The normalized spacial score (nSPS) is 14.6. The lowest BCUT2D eigenvalue weighted by atomic mass is 10.1. The number of rotatable bonds is 4. The molecule has 0 aliphatic rings. The van der Waals surface area contributed by atoms with Gasteiger partial charge < -0.3 is 10.6 Å². The van der Waals surface area contributed by atoms with E-state index in [2.05, 4.69) is 25.8 Å². The minimum atomic E-state index is 0.0282. The average molecular weight is 241 g/mol. The van der Waals surface area contributed by atoms with Gasteiger partial charge in [-0.05, 0) is 38.0 Å². The Morgan fingerprint density at radius 1 is 1.38 bits per heavy atom. The van der Waals surface area contributed by atoms with Crippen molar-refractivity contribution in [1.82, 2.24) is 0 Å². The highest BCUT2D eigenvalue weighted by molar-refractivity contribution is 6.33. The van der Waals surface area contributed by atoms with Crippen LogP contribution in [0.5, 0.6) is 0 Å². The topological polar surface area (TPSA) is 29.3 Å². The molecule has 3 heteroatoms. The van der Waals surface area contributed by atoms with Crippen LogP contribution in [0.4, 0.5) is 5.69 Å². The standard InChI is InChI=1S/C13H21ClN2/c1-5-9(2)16(4)13-7-6-11(10(3)15)8-12(13)14/h6-10H,5,15H2,1-4H3/t9?,10-/m0/s1. The summed E-state index contributed by atoms with van der Waals surface area (Å²) in [6.45, 7) is 6.32. The van der Waals surface area contributed by atoms with Gasteiger partial charge in [0.15, 0.2) is 0 Å². The minimum absolute atomic E-state index is 0.0282. The van der Waals surface area contributed by atoms with Crippen LogP contribution in [-0.4, -0.2) is 13.1 Å². The molecule has 1 aromatic carbocycles. The van der Waals surface area contributed by atoms with Crippen LogP contribution in [0.15, 0.2) is 18.2 Å². The Morgan fingerprint density at radius 2 is 2.00 bits per heavy atom. The molecule has 2 atom stereocenters. The minimum Gasteiger partial charge on any atom is -0.371 e. The summed E-state index contributed by atoms with van der Waals surface area (Å²) < 4.78 is 0. The lowest BCUT2D eigenvalue weighted by Gasteiger charge is -2.27. The van der Waals surface area contributed by atoms with E-state index in [9.17, 15) is 0 Å². The Morgan fingerprint density at radius 3 is 2.44 bits per heavy atom. The van der Waals surface area contributed by atoms with Crippen molar-refractivity contribution >= 4 is 17.3 Å². The van der Waals surface area contributed by atoms with Crippen LogP contribution in [0.2, 0.25) is 5.02 Å². The highest BCUT2D eigenvalue weighted by atomic mass is 35.5. The van der Waals surface area contributed by atoms with Crippen molar-refractivity contribution < 1.29 is 0 Å². The Kier molecular flexibility index (Phi) is 4.63. The fraction of sp³-hybridized carbons (Fsp3) is 0.538. The molecule has 1 aromatic rings. The zero-order valence-corrected chi connectivity index (χ0v) is 11.3. The monoisotopic (exact) mass is 240 g/mol.